The van der Waals surface area contributed by atoms with Gasteiger partial charge >= 0.3 is 0 Å². The Morgan fingerprint density at radius 2 is 1.61 bits per heavy atom. The maximum absolute atomic E-state index is 13.3. The third-order valence-electron chi connectivity index (χ3n) is 6.46. The molecular weight excluding hydrogens is 434 g/mol. The van der Waals surface area contributed by atoms with Crippen molar-refractivity contribution in [3.63, 3.8) is 0 Å². The molecule has 0 saturated carbocycles. The molecule has 3 heterocycles. The van der Waals surface area contributed by atoms with Gasteiger partial charge in [-0.25, -0.2) is 4.98 Å². The van der Waals surface area contributed by atoms with E-state index in [1.807, 2.05) is 58.3 Å². The lowest BCUT2D eigenvalue weighted by Gasteiger charge is -2.35. The topological polar surface area (TPSA) is 72.5 Å². The van der Waals surface area contributed by atoms with Gasteiger partial charge in [0.2, 0.25) is 5.91 Å². The number of hydrogen-bond acceptors (Lipinski definition) is 5. The van der Waals surface area contributed by atoms with E-state index in [1.165, 1.54) is 0 Å². The number of piperazine rings is 1. The standard InChI is InChI=1S/C25H29N5O2S/c31-23(29-11-5-6-12-29)17-28-13-15-30(16-14-28)24(32)20-8-2-1-7-19(20)18-33-25-26-21-9-3-4-10-22(21)27-25/h1-4,7-10H,5-6,11-18H2,(H,26,27). The van der Waals surface area contributed by atoms with Gasteiger partial charge in [0, 0.05) is 50.6 Å². The molecule has 1 aromatic heterocycles. The van der Waals surface area contributed by atoms with Gasteiger partial charge in [0.05, 0.1) is 17.6 Å². The Hall–Kier alpha value is -2.84. The molecule has 2 aliphatic rings. The third kappa shape index (κ3) is 5.07. The van der Waals surface area contributed by atoms with E-state index in [1.54, 1.807) is 11.8 Å². The number of hydrogen-bond donors (Lipinski definition) is 1. The van der Waals surface area contributed by atoms with Gasteiger partial charge in [-0.1, -0.05) is 42.1 Å². The minimum absolute atomic E-state index is 0.0707. The second kappa shape index (κ2) is 9.97. The van der Waals surface area contributed by atoms with E-state index in [4.69, 9.17) is 0 Å². The zero-order valence-electron chi connectivity index (χ0n) is 18.7. The number of para-hydroxylation sites is 2. The number of amides is 2. The fraction of sp³-hybridized carbons (Fsp3) is 0.400. The molecule has 7 nitrogen and oxygen atoms in total. The molecule has 172 valence electrons. The number of carbonyl (C=O) groups excluding carboxylic acids is 2. The Morgan fingerprint density at radius 3 is 2.39 bits per heavy atom. The van der Waals surface area contributed by atoms with Gasteiger partial charge in [-0.3, -0.25) is 14.5 Å². The fourth-order valence-electron chi connectivity index (χ4n) is 4.54. The maximum atomic E-state index is 13.3. The molecule has 0 unspecified atom stereocenters. The second-order valence-electron chi connectivity index (χ2n) is 8.66. The van der Waals surface area contributed by atoms with E-state index >= 15 is 0 Å². The fourth-order valence-corrected chi connectivity index (χ4v) is 5.42. The van der Waals surface area contributed by atoms with Crippen LogP contribution in [-0.2, 0) is 10.5 Å². The number of imidazole rings is 1. The number of aromatic nitrogens is 2. The summed E-state index contributed by atoms with van der Waals surface area (Å²) in [4.78, 5) is 39.8. The van der Waals surface area contributed by atoms with Crippen LogP contribution in [0.1, 0.15) is 28.8 Å². The molecule has 0 aliphatic carbocycles. The number of carbonyl (C=O) groups is 2. The van der Waals surface area contributed by atoms with Crippen molar-refractivity contribution in [2.75, 3.05) is 45.8 Å². The van der Waals surface area contributed by atoms with Gasteiger partial charge in [0.25, 0.3) is 5.91 Å². The molecular formula is C25H29N5O2S. The monoisotopic (exact) mass is 463 g/mol. The zero-order chi connectivity index (χ0) is 22.6. The van der Waals surface area contributed by atoms with E-state index in [-0.39, 0.29) is 11.8 Å². The average molecular weight is 464 g/mol. The normalized spacial score (nSPS) is 17.1. The molecule has 8 heteroatoms. The first-order valence-corrected chi connectivity index (χ1v) is 12.6. The highest BCUT2D eigenvalue weighted by Gasteiger charge is 2.26. The van der Waals surface area contributed by atoms with Crippen molar-refractivity contribution in [3.8, 4) is 0 Å². The van der Waals surface area contributed by atoms with Crippen molar-refractivity contribution >= 4 is 34.6 Å². The molecule has 2 aromatic carbocycles. The van der Waals surface area contributed by atoms with Crippen LogP contribution in [0.2, 0.25) is 0 Å². The van der Waals surface area contributed by atoms with E-state index in [0.717, 1.165) is 66.3 Å². The zero-order valence-corrected chi connectivity index (χ0v) is 19.5. The van der Waals surface area contributed by atoms with Crippen molar-refractivity contribution in [1.29, 1.82) is 0 Å². The summed E-state index contributed by atoms with van der Waals surface area (Å²) >= 11 is 1.61. The summed E-state index contributed by atoms with van der Waals surface area (Å²) in [7, 11) is 0. The van der Waals surface area contributed by atoms with Crippen LogP contribution in [0, 0.1) is 0 Å². The molecule has 2 fully saturated rings. The summed E-state index contributed by atoms with van der Waals surface area (Å²) in [6.07, 6.45) is 2.23. The number of rotatable bonds is 6. The Labute approximate surface area is 198 Å². The van der Waals surface area contributed by atoms with Crippen molar-refractivity contribution in [2.45, 2.75) is 23.8 Å². The van der Waals surface area contributed by atoms with Gasteiger partial charge in [-0.15, -0.1) is 0 Å². The number of thioether (sulfide) groups is 1. The summed E-state index contributed by atoms with van der Waals surface area (Å²) in [6.45, 7) is 5.02. The predicted octanol–water partition coefficient (Wildman–Crippen LogP) is 3.24. The molecule has 3 aromatic rings. The SMILES string of the molecule is O=C(CN1CCN(C(=O)c2ccccc2CSc2nc3ccccc3[nH]2)CC1)N1CCCC1. The quantitative estimate of drug-likeness (QED) is 0.568. The summed E-state index contributed by atoms with van der Waals surface area (Å²) in [5.74, 6) is 0.966. The van der Waals surface area contributed by atoms with Crippen molar-refractivity contribution in [3.05, 3.63) is 59.7 Å². The smallest absolute Gasteiger partial charge is 0.254 e. The molecule has 0 spiro atoms. The Balaban J connectivity index is 1.18. The lowest BCUT2D eigenvalue weighted by atomic mass is 10.1. The highest BCUT2D eigenvalue weighted by atomic mass is 32.2. The molecule has 0 atom stereocenters. The number of nitrogens with zero attached hydrogens (tertiary/aromatic N) is 4. The lowest BCUT2D eigenvalue weighted by Crippen LogP contribution is -2.51. The summed E-state index contributed by atoms with van der Waals surface area (Å²) < 4.78 is 0. The number of likely N-dealkylation sites (tertiary alicyclic amines) is 1. The van der Waals surface area contributed by atoms with E-state index in [9.17, 15) is 9.59 Å². The molecule has 2 aliphatic heterocycles. The molecule has 0 bridgehead atoms. The molecule has 2 saturated heterocycles. The Morgan fingerprint density at radius 1 is 0.879 bits per heavy atom. The summed E-state index contributed by atoms with van der Waals surface area (Å²) in [6, 6.07) is 15.8. The van der Waals surface area contributed by atoms with Crippen LogP contribution >= 0.6 is 11.8 Å². The largest absolute Gasteiger partial charge is 0.342 e. The van der Waals surface area contributed by atoms with Gasteiger partial charge in [-0.05, 0) is 36.6 Å². The first-order valence-electron chi connectivity index (χ1n) is 11.6. The maximum Gasteiger partial charge on any atom is 0.254 e. The first kappa shape index (κ1) is 22.0. The number of H-pyrrole nitrogens is 1. The van der Waals surface area contributed by atoms with Gasteiger partial charge < -0.3 is 14.8 Å². The van der Waals surface area contributed by atoms with Gasteiger partial charge in [0.15, 0.2) is 5.16 Å². The summed E-state index contributed by atoms with van der Waals surface area (Å²) in [5.41, 5.74) is 3.73. The number of nitrogens with one attached hydrogen (secondary N) is 1. The lowest BCUT2D eigenvalue weighted by molar-refractivity contribution is -0.131. The highest BCUT2D eigenvalue weighted by molar-refractivity contribution is 7.98. The highest BCUT2D eigenvalue weighted by Crippen LogP contribution is 2.25. The summed E-state index contributed by atoms with van der Waals surface area (Å²) in [5, 5.41) is 0.856. The van der Waals surface area contributed by atoms with Gasteiger partial charge in [0.1, 0.15) is 0 Å². The Kier molecular flexibility index (Phi) is 6.64. The first-order chi connectivity index (χ1) is 16.2. The molecule has 0 radical (unpaired) electrons. The number of aromatic amines is 1. The van der Waals surface area contributed by atoms with Gasteiger partial charge in [-0.2, -0.15) is 0 Å². The minimum Gasteiger partial charge on any atom is -0.342 e. The van der Waals surface area contributed by atoms with E-state index < -0.39 is 0 Å². The van der Waals surface area contributed by atoms with Crippen molar-refractivity contribution in [1.82, 2.24) is 24.7 Å². The second-order valence-corrected chi connectivity index (χ2v) is 9.63. The molecule has 1 N–H and O–H groups in total. The molecule has 2 amide bonds. The third-order valence-corrected chi connectivity index (χ3v) is 7.38. The van der Waals surface area contributed by atoms with Crippen LogP contribution in [0.3, 0.4) is 0 Å². The van der Waals surface area contributed by atoms with Crippen LogP contribution in [-0.4, -0.2) is 82.3 Å². The van der Waals surface area contributed by atoms with Crippen LogP contribution in [0.5, 0.6) is 0 Å². The van der Waals surface area contributed by atoms with Crippen molar-refractivity contribution < 1.29 is 9.59 Å². The minimum atomic E-state index is 0.0707. The number of fused-ring (bicyclic) bond motifs is 1. The predicted molar refractivity (Wildman–Crippen MR) is 130 cm³/mol. The number of benzene rings is 2. The molecule has 33 heavy (non-hydrogen) atoms. The molecule has 5 rings (SSSR count). The average Bonchev–Trinajstić information content (AvgIpc) is 3.53. The van der Waals surface area contributed by atoms with Crippen LogP contribution in [0.4, 0.5) is 0 Å². The van der Waals surface area contributed by atoms with Crippen LogP contribution in [0.15, 0.2) is 53.7 Å². The van der Waals surface area contributed by atoms with E-state index in [0.29, 0.717) is 25.4 Å². The van der Waals surface area contributed by atoms with E-state index in [2.05, 4.69) is 14.9 Å². The Bertz CT molecular complexity index is 1100. The van der Waals surface area contributed by atoms with Crippen molar-refractivity contribution in [2.24, 2.45) is 0 Å². The van der Waals surface area contributed by atoms with Crippen LogP contribution in [0.25, 0.3) is 11.0 Å². The van der Waals surface area contributed by atoms with Crippen LogP contribution < -0.4 is 0 Å².